The van der Waals surface area contributed by atoms with Gasteiger partial charge in [-0.05, 0) is 6.42 Å². The number of aliphatic hydroxyl groups excluding tert-OH is 1. The third-order valence-electron chi connectivity index (χ3n) is 2.11. The Morgan fingerprint density at radius 3 is 2.92 bits per heavy atom. The molecule has 1 saturated heterocycles. The maximum atomic E-state index is 11.2. The molecule has 3 nitrogen and oxygen atoms in total. The molecule has 0 spiro atoms. The summed E-state index contributed by atoms with van der Waals surface area (Å²) < 4.78 is 0. The average Bonchev–Trinajstić information content (AvgIpc) is 2.30. The van der Waals surface area contributed by atoms with Crippen LogP contribution in [0.5, 0.6) is 0 Å². The molecule has 0 aromatic heterocycles. The number of nitrogens with zero attached hydrogens (tertiary/aromatic N) is 1. The van der Waals surface area contributed by atoms with Gasteiger partial charge in [-0.3, -0.25) is 4.79 Å². The fourth-order valence-corrected chi connectivity index (χ4v) is 1.29. The molecular weight excluding hydrogens is 154 g/mol. The zero-order chi connectivity index (χ0) is 9.14. The van der Waals surface area contributed by atoms with E-state index in [0.29, 0.717) is 13.1 Å². The lowest BCUT2D eigenvalue weighted by Crippen LogP contribution is -2.27. The molecule has 1 aliphatic heterocycles. The van der Waals surface area contributed by atoms with Crippen LogP contribution in [-0.4, -0.2) is 35.1 Å². The van der Waals surface area contributed by atoms with E-state index in [0.717, 1.165) is 12.0 Å². The Labute approximate surface area is 72.7 Å². The van der Waals surface area contributed by atoms with Gasteiger partial charge >= 0.3 is 0 Å². The second-order valence-electron chi connectivity index (χ2n) is 3.24. The van der Waals surface area contributed by atoms with Crippen molar-refractivity contribution in [2.75, 3.05) is 13.1 Å². The van der Waals surface area contributed by atoms with Gasteiger partial charge in [0.1, 0.15) is 0 Å². The summed E-state index contributed by atoms with van der Waals surface area (Å²) in [7, 11) is 0. The van der Waals surface area contributed by atoms with Crippen LogP contribution in [0.3, 0.4) is 0 Å². The highest BCUT2D eigenvalue weighted by molar-refractivity contribution is 5.79. The molecule has 0 saturated carbocycles. The monoisotopic (exact) mass is 169 g/mol. The quantitative estimate of drug-likeness (QED) is 0.627. The number of amides is 1. The van der Waals surface area contributed by atoms with Crippen molar-refractivity contribution in [2.24, 2.45) is 0 Å². The number of hydrogen-bond acceptors (Lipinski definition) is 2. The Morgan fingerprint density at radius 2 is 2.50 bits per heavy atom. The Morgan fingerprint density at radius 1 is 1.83 bits per heavy atom. The van der Waals surface area contributed by atoms with Gasteiger partial charge in [-0.2, -0.15) is 0 Å². The molecule has 1 N–H and O–H groups in total. The van der Waals surface area contributed by atoms with Crippen LogP contribution < -0.4 is 0 Å². The highest BCUT2D eigenvalue weighted by Gasteiger charge is 2.27. The lowest BCUT2D eigenvalue weighted by Gasteiger charge is -2.16. The standard InChI is InChI=1S/C9H15NO2/c1-3-7(2)5-10-6-8(11)4-9(10)12/h8,11H,2-6H2,1H3. The Hall–Kier alpha value is -0.830. The summed E-state index contributed by atoms with van der Waals surface area (Å²) in [5.41, 5.74) is 1.04. The van der Waals surface area contributed by atoms with Gasteiger partial charge in [-0.1, -0.05) is 19.1 Å². The first-order chi connectivity index (χ1) is 5.63. The minimum atomic E-state index is -0.470. The van der Waals surface area contributed by atoms with E-state index in [9.17, 15) is 4.79 Å². The van der Waals surface area contributed by atoms with Crippen molar-refractivity contribution >= 4 is 5.91 Å². The third-order valence-corrected chi connectivity index (χ3v) is 2.11. The summed E-state index contributed by atoms with van der Waals surface area (Å²) in [6.45, 7) is 6.91. The molecule has 0 radical (unpaired) electrons. The number of carbonyl (C=O) groups is 1. The molecule has 12 heavy (non-hydrogen) atoms. The summed E-state index contributed by atoms with van der Waals surface area (Å²) in [6.07, 6.45) is 0.693. The normalized spacial score (nSPS) is 23.3. The van der Waals surface area contributed by atoms with E-state index in [-0.39, 0.29) is 12.3 Å². The predicted molar refractivity (Wildman–Crippen MR) is 46.6 cm³/mol. The van der Waals surface area contributed by atoms with Crippen molar-refractivity contribution in [2.45, 2.75) is 25.9 Å². The van der Waals surface area contributed by atoms with Crippen molar-refractivity contribution < 1.29 is 9.90 Å². The topological polar surface area (TPSA) is 40.5 Å². The number of carbonyl (C=O) groups excluding carboxylic acids is 1. The number of aliphatic hydroxyl groups is 1. The smallest absolute Gasteiger partial charge is 0.225 e. The van der Waals surface area contributed by atoms with E-state index >= 15 is 0 Å². The Balaban J connectivity index is 2.43. The van der Waals surface area contributed by atoms with Crippen LogP contribution in [0.2, 0.25) is 0 Å². The van der Waals surface area contributed by atoms with Crippen molar-refractivity contribution in [1.82, 2.24) is 4.90 Å². The van der Waals surface area contributed by atoms with E-state index in [1.165, 1.54) is 0 Å². The van der Waals surface area contributed by atoms with Gasteiger partial charge in [-0.25, -0.2) is 0 Å². The summed E-state index contributed by atoms with van der Waals surface area (Å²) in [4.78, 5) is 12.8. The molecule has 0 aromatic carbocycles. The number of hydrogen-bond donors (Lipinski definition) is 1. The number of rotatable bonds is 3. The van der Waals surface area contributed by atoms with Crippen LogP contribution in [0.15, 0.2) is 12.2 Å². The van der Waals surface area contributed by atoms with Gasteiger partial charge in [-0.15, -0.1) is 0 Å². The minimum absolute atomic E-state index is 0.0390. The van der Waals surface area contributed by atoms with Gasteiger partial charge in [0.05, 0.1) is 12.5 Å². The maximum absolute atomic E-state index is 11.2. The molecular formula is C9H15NO2. The molecule has 0 aliphatic carbocycles. The third kappa shape index (κ3) is 2.08. The lowest BCUT2D eigenvalue weighted by atomic mass is 10.2. The van der Waals surface area contributed by atoms with Crippen LogP contribution in [0.1, 0.15) is 19.8 Å². The molecule has 1 fully saturated rings. The van der Waals surface area contributed by atoms with Crippen molar-refractivity contribution in [3.8, 4) is 0 Å². The zero-order valence-corrected chi connectivity index (χ0v) is 7.42. The fourth-order valence-electron chi connectivity index (χ4n) is 1.29. The Bertz CT molecular complexity index is 201. The van der Waals surface area contributed by atoms with Crippen LogP contribution in [-0.2, 0) is 4.79 Å². The van der Waals surface area contributed by atoms with Gasteiger partial charge < -0.3 is 10.0 Å². The molecule has 1 unspecified atom stereocenters. The highest BCUT2D eigenvalue weighted by Crippen LogP contribution is 2.12. The van der Waals surface area contributed by atoms with Crippen molar-refractivity contribution in [3.05, 3.63) is 12.2 Å². The van der Waals surface area contributed by atoms with Crippen molar-refractivity contribution in [1.29, 1.82) is 0 Å². The summed E-state index contributed by atoms with van der Waals surface area (Å²) in [5, 5.41) is 9.16. The molecule has 1 rings (SSSR count). The van der Waals surface area contributed by atoms with Crippen LogP contribution >= 0.6 is 0 Å². The van der Waals surface area contributed by atoms with E-state index < -0.39 is 6.10 Å². The van der Waals surface area contributed by atoms with E-state index in [2.05, 4.69) is 6.58 Å². The molecule has 1 amide bonds. The SMILES string of the molecule is C=C(CC)CN1CC(O)CC1=O. The maximum Gasteiger partial charge on any atom is 0.225 e. The summed E-state index contributed by atoms with van der Waals surface area (Å²) in [6, 6.07) is 0. The van der Waals surface area contributed by atoms with Crippen LogP contribution in [0.25, 0.3) is 0 Å². The Kier molecular flexibility index (Phi) is 2.87. The molecule has 1 heterocycles. The van der Waals surface area contributed by atoms with Gasteiger partial charge in [0.25, 0.3) is 0 Å². The molecule has 68 valence electrons. The minimum Gasteiger partial charge on any atom is -0.391 e. The number of β-amino-alcohol motifs (C(OH)–C–C–N with tert-alkyl or cyclic N) is 1. The molecule has 3 heteroatoms. The number of likely N-dealkylation sites (tertiary alicyclic amines) is 1. The summed E-state index contributed by atoms with van der Waals surface area (Å²) >= 11 is 0. The second kappa shape index (κ2) is 3.72. The van der Waals surface area contributed by atoms with Crippen molar-refractivity contribution in [3.63, 3.8) is 0 Å². The molecule has 0 aromatic rings. The largest absolute Gasteiger partial charge is 0.391 e. The molecule has 0 bridgehead atoms. The molecule has 1 atom stereocenters. The van der Waals surface area contributed by atoms with Crippen LogP contribution in [0.4, 0.5) is 0 Å². The second-order valence-corrected chi connectivity index (χ2v) is 3.24. The fraction of sp³-hybridized carbons (Fsp3) is 0.667. The molecule has 1 aliphatic rings. The van der Waals surface area contributed by atoms with Gasteiger partial charge in [0, 0.05) is 13.1 Å². The van der Waals surface area contributed by atoms with Gasteiger partial charge in [0.2, 0.25) is 5.91 Å². The van der Waals surface area contributed by atoms with E-state index in [1.807, 2.05) is 6.92 Å². The predicted octanol–water partition coefficient (Wildman–Crippen LogP) is 0.546. The first-order valence-electron chi connectivity index (χ1n) is 4.26. The average molecular weight is 169 g/mol. The van der Waals surface area contributed by atoms with Crippen LogP contribution in [0, 0.1) is 0 Å². The lowest BCUT2D eigenvalue weighted by molar-refractivity contribution is -0.127. The van der Waals surface area contributed by atoms with Gasteiger partial charge in [0.15, 0.2) is 0 Å². The van der Waals surface area contributed by atoms with E-state index in [1.54, 1.807) is 4.90 Å². The zero-order valence-electron chi connectivity index (χ0n) is 7.42. The summed E-state index contributed by atoms with van der Waals surface area (Å²) in [5.74, 6) is 0.0390. The van der Waals surface area contributed by atoms with E-state index in [4.69, 9.17) is 5.11 Å². The first kappa shape index (κ1) is 9.26. The first-order valence-corrected chi connectivity index (χ1v) is 4.26. The highest BCUT2D eigenvalue weighted by atomic mass is 16.3.